The molecule has 1 N–H and O–H groups in total. The molecular weight excluding hydrogens is 230 g/mol. The first-order valence-electron chi connectivity index (χ1n) is 5.94. The van der Waals surface area contributed by atoms with Crippen LogP contribution in [-0.4, -0.2) is 25.2 Å². The van der Waals surface area contributed by atoms with Crippen LogP contribution in [0, 0.1) is 0 Å². The van der Waals surface area contributed by atoms with E-state index in [1.807, 2.05) is 45.0 Å². The third-order valence-electron chi connectivity index (χ3n) is 2.29. The van der Waals surface area contributed by atoms with E-state index in [0.29, 0.717) is 6.54 Å². The van der Waals surface area contributed by atoms with Gasteiger partial charge in [-0.3, -0.25) is 4.79 Å². The monoisotopic (exact) mass is 251 g/mol. The summed E-state index contributed by atoms with van der Waals surface area (Å²) in [5.74, 6) is 0.696. The van der Waals surface area contributed by atoms with Gasteiger partial charge in [-0.2, -0.15) is 0 Å². The molecule has 18 heavy (non-hydrogen) atoms. The Hall–Kier alpha value is -1.55. The number of benzene rings is 1. The van der Waals surface area contributed by atoms with Gasteiger partial charge in [0.2, 0.25) is 5.91 Å². The van der Waals surface area contributed by atoms with E-state index in [-0.39, 0.29) is 18.1 Å². The second-order valence-corrected chi connectivity index (χ2v) is 5.03. The van der Waals surface area contributed by atoms with E-state index < -0.39 is 0 Å². The van der Waals surface area contributed by atoms with Gasteiger partial charge in [0, 0.05) is 6.54 Å². The number of ether oxygens (including phenoxy) is 2. The highest BCUT2D eigenvalue weighted by molar-refractivity contribution is 5.77. The quantitative estimate of drug-likeness (QED) is 0.872. The Kier molecular flexibility index (Phi) is 5.16. The fraction of sp³-hybridized carbons (Fsp3) is 0.500. The zero-order chi connectivity index (χ0) is 13.6. The molecule has 0 bridgehead atoms. The SMILES string of the molecule is COc1ccc(CNC(=O)COC(C)(C)C)cc1. The minimum absolute atomic E-state index is 0.0830. The van der Waals surface area contributed by atoms with Gasteiger partial charge < -0.3 is 14.8 Å². The van der Waals surface area contributed by atoms with Crippen molar-refractivity contribution in [3.63, 3.8) is 0 Å². The molecule has 100 valence electrons. The molecule has 1 aromatic carbocycles. The molecule has 0 saturated heterocycles. The molecule has 0 saturated carbocycles. The molecule has 0 unspecified atom stereocenters. The lowest BCUT2D eigenvalue weighted by Gasteiger charge is -2.19. The molecule has 1 amide bonds. The van der Waals surface area contributed by atoms with Crippen LogP contribution < -0.4 is 10.1 Å². The summed E-state index contributed by atoms with van der Waals surface area (Å²) >= 11 is 0. The van der Waals surface area contributed by atoms with E-state index in [4.69, 9.17) is 9.47 Å². The van der Waals surface area contributed by atoms with Crippen molar-refractivity contribution < 1.29 is 14.3 Å². The zero-order valence-electron chi connectivity index (χ0n) is 11.4. The summed E-state index contributed by atoms with van der Waals surface area (Å²) in [4.78, 5) is 11.5. The molecule has 4 heteroatoms. The largest absolute Gasteiger partial charge is 0.497 e. The standard InChI is InChI=1S/C14H21NO3/c1-14(2,3)18-10-13(16)15-9-11-5-7-12(17-4)8-6-11/h5-8H,9-10H2,1-4H3,(H,15,16). The van der Waals surface area contributed by atoms with Crippen molar-refractivity contribution in [2.75, 3.05) is 13.7 Å². The Morgan fingerprint density at radius 2 is 1.83 bits per heavy atom. The van der Waals surface area contributed by atoms with E-state index >= 15 is 0 Å². The number of amides is 1. The van der Waals surface area contributed by atoms with Crippen LogP contribution in [0.4, 0.5) is 0 Å². The average Bonchev–Trinajstić information content (AvgIpc) is 2.33. The summed E-state index contributed by atoms with van der Waals surface area (Å²) in [6, 6.07) is 7.58. The second kappa shape index (κ2) is 6.40. The van der Waals surface area contributed by atoms with Gasteiger partial charge in [-0.05, 0) is 38.5 Å². The van der Waals surface area contributed by atoms with Crippen LogP contribution >= 0.6 is 0 Å². The first-order valence-corrected chi connectivity index (χ1v) is 5.94. The van der Waals surface area contributed by atoms with Crippen molar-refractivity contribution in [1.29, 1.82) is 0 Å². The molecule has 0 spiro atoms. The van der Waals surface area contributed by atoms with Gasteiger partial charge in [-0.1, -0.05) is 12.1 Å². The number of methoxy groups -OCH3 is 1. The Labute approximate surface area is 108 Å². The predicted octanol–water partition coefficient (Wildman–Crippen LogP) is 2.13. The topological polar surface area (TPSA) is 47.6 Å². The minimum atomic E-state index is -0.294. The maximum absolute atomic E-state index is 11.5. The second-order valence-electron chi connectivity index (χ2n) is 5.03. The maximum Gasteiger partial charge on any atom is 0.246 e. The van der Waals surface area contributed by atoms with E-state index in [1.165, 1.54) is 0 Å². The van der Waals surface area contributed by atoms with Crippen LogP contribution in [0.2, 0.25) is 0 Å². The van der Waals surface area contributed by atoms with Crippen LogP contribution in [0.25, 0.3) is 0 Å². The van der Waals surface area contributed by atoms with E-state index in [0.717, 1.165) is 11.3 Å². The molecule has 0 radical (unpaired) electrons. The maximum atomic E-state index is 11.5. The highest BCUT2D eigenvalue weighted by atomic mass is 16.5. The van der Waals surface area contributed by atoms with Crippen LogP contribution in [0.15, 0.2) is 24.3 Å². The lowest BCUT2D eigenvalue weighted by atomic mass is 10.2. The van der Waals surface area contributed by atoms with Gasteiger partial charge in [0.05, 0.1) is 12.7 Å². The molecule has 1 rings (SSSR count). The van der Waals surface area contributed by atoms with E-state index in [1.54, 1.807) is 7.11 Å². The summed E-state index contributed by atoms with van der Waals surface area (Å²) in [5, 5.41) is 2.80. The number of hydrogen-bond acceptors (Lipinski definition) is 3. The summed E-state index contributed by atoms with van der Waals surface area (Å²) in [6.07, 6.45) is 0. The molecule has 0 fully saturated rings. The molecule has 0 aliphatic heterocycles. The van der Waals surface area contributed by atoms with Gasteiger partial charge in [-0.25, -0.2) is 0 Å². The zero-order valence-corrected chi connectivity index (χ0v) is 11.4. The Bertz CT molecular complexity index is 379. The molecule has 0 aliphatic rings. The van der Waals surface area contributed by atoms with Crippen molar-refractivity contribution in [1.82, 2.24) is 5.32 Å². The molecule has 0 atom stereocenters. The average molecular weight is 251 g/mol. The smallest absolute Gasteiger partial charge is 0.246 e. The van der Waals surface area contributed by atoms with Crippen LogP contribution in [0.1, 0.15) is 26.3 Å². The van der Waals surface area contributed by atoms with Crippen molar-refractivity contribution in [3.05, 3.63) is 29.8 Å². The van der Waals surface area contributed by atoms with E-state index in [2.05, 4.69) is 5.32 Å². The number of rotatable bonds is 5. The predicted molar refractivity (Wildman–Crippen MR) is 70.5 cm³/mol. The van der Waals surface area contributed by atoms with Gasteiger partial charge in [0.25, 0.3) is 0 Å². The molecular formula is C14H21NO3. The Morgan fingerprint density at radius 3 is 2.33 bits per heavy atom. The van der Waals surface area contributed by atoms with Gasteiger partial charge >= 0.3 is 0 Å². The molecule has 4 nitrogen and oxygen atoms in total. The highest BCUT2D eigenvalue weighted by Crippen LogP contribution is 2.11. The van der Waals surface area contributed by atoms with Gasteiger partial charge in [0.15, 0.2) is 0 Å². The van der Waals surface area contributed by atoms with E-state index in [9.17, 15) is 4.79 Å². The van der Waals surface area contributed by atoms with Crippen LogP contribution in [-0.2, 0) is 16.1 Å². The summed E-state index contributed by atoms with van der Waals surface area (Å²) in [5.41, 5.74) is 0.733. The van der Waals surface area contributed by atoms with Crippen molar-refractivity contribution >= 4 is 5.91 Å². The third-order valence-corrected chi connectivity index (χ3v) is 2.29. The van der Waals surface area contributed by atoms with Crippen LogP contribution in [0.5, 0.6) is 5.75 Å². The molecule has 0 heterocycles. The fourth-order valence-corrected chi connectivity index (χ4v) is 1.28. The Balaban J connectivity index is 2.33. The summed E-state index contributed by atoms with van der Waals surface area (Å²) in [7, 11) is 1.63. The molecule has 1 aromatic rings. The van der Waals surface area contributed by atoms with Gasteiger partial charge in [0.1, 0.15) is 12.4 Å². The number of nitrogens with one attached hydrogen (secondary N) is 1. The third kappa shape index (κ3) is 5.68. The van der Waals surface area contributed by atoms with Crippen LogP contribution in [0.3, 0.4) is 0 Å². The normalized spacial score (nSPS) is 11.1. The number of hydrogen-bond donors (Lipinski definition) is 1. The molecule has 0 aliphatic carbocycles. The first-order chi connectivity index (χ1) is 8.40. The number of carbonyl (C=O) groups is 1. The van der Waals surface area contributed by atoms with Crippen molar-refractivity contribution in [2.45, 2.75) is 32.9 Å². The number of carbonyl (C=O) groups excluding carboxylic acids is 1. The first kappa shape index (κ1) is 14.5. The Morgan fingerprint density at radius 1 is 1.22 bits per heavy atom. The summed E-state index contributed by atoms with van der Waals surface area (Å²) in [6.45, 7) is 6.34. The van der Waals surface area contributed by atoms with Crippen molar-refractivity contribution in [3.8, 4) is 5.75 Å². The lowest BCUT2D eigenvalue weighted by molar-refractivity contribution is -0.130. The summed E-state index contributed by atoms with van der Waals surface area (Å²) < 4.78 is 10.4. The van der Waals surface area contributed by atoms with Gasteiger partial charge in [-0.15, -0.1) is 0 Å². The minimum Gasteiger partial charge on any atom is -0.497 e. The molecule has 0 aromatic heterocycles. The fourth-order valence-electron chi connectivity index (χ4n) is 1.28. The van der Waals surface area contributed by atoms with Crippen molar-refractivity contribution in [2.24, 2.45) is 0 Å². The lowest BCUT2D eigenvalue weighted by Crippen LogP contribution is -2.31. The highest BCUT2D eigenvalue weighted by Gasteiger charge is 2.12.